The van der Waals surface area contributed by atoms with Crippen LogP contribution in [-0.4, -0.2) is 37.1 Å². The molecule has 3 nitrogen and oxygen atoms in total. The van der Waals surface area contributed by atoms with Gasteiger partial charge < -0.3 is 10.2 Å². The van der Waals surface area contributed by atoms with Crippen LogP contribution < -0.4 is 5.32 Å². The molecular formula is C13H25N3. The van der Waals surface area contributed by atoms with Gasteiger partial charge in [-0.15, -0.1) is 0 Å². The SMILES string of the molecule is CNC(C)(C#N)CCN1CCC(C)(C)CC1. The number of rotatable bonds is 4. The van der Waals surface area contributed by atoms with Crippen molar-refractivity contribution in [1.82, 2.24) is 10.2 Å². The molecular weight excluding hydrogens is 198 g/mol. The van der Waals surface area contributed by atoms with Crippen molar-refractivity contribution in [2.24, 2.45) is 5.41 Å². The predicted molar refractivity (Wildman–Crippen MR) is 67.1 cm³/mol. The van der Waals surface area contributed by atoms with Crippen LogP contribution in [0.1, 0.15) is 40.0 Å². The van der Waals surface area contributed by atoms with E-state index in [1.807, 2.05) is 14.0 Å². The van der Waals surface area contributed by atoms with Gasteiger partial charge in [0.05, 0.1) is 6.07 Å². The topological polar surface area (TPSA) is 39.1 Å². The van der Waals surface area contributed by atoms with Gasteiger partial charge in [-0.3, -0.25) is 0 Å². The van der Waals surface area contributed by atoms with Crippen molar-refractivity contribution in [1.29, 1.82) is 5.26 Å². The predicted octanol–water partition coefficient (Wildman–Crippen LogP) is 2.00. The van der Waals surface area contributed by atoms with Gasteiger partial charge in [-0.05, 0) is 51.7 Å². The zero-order valence-corrected chi connectivity index (χ0v) is 11.1. The lowest BCUT2D eigenvalue weighted by molar-refractivity contribution is 0.126. The Labute approximate surface area is 99.8 Å². The number of piperidine rings is 1. The molecule has 1 unspecified atom stereocenters. The van der Waals surface area contributed by atoms with Gasteiger partial charge in [-0.2, -0.15) is 5.26 Å². The van der Waals surface area contributed by atoms with Crippen LogP contribution in [0.15, 0.2) is 0 Å². The summed E-state index contributed by atoms with van der Waals surface area (Å²) >= 11 is 0. The van der Waals surface area contributed by atoms with Crippen molar-refractivity contribution >= 4 is 0 Å². The first kappa shape index (κ1) is 13.5. The molecule has 0 spiro atoms. The van der Waals surface area contributed by atoms with E-state index in [1.165, 1.54) is 25.9 Å². The number of likely N-dealkylation sites (tertiary alicyclic amines) is 1. The average Bonchev–Trinajstić information content (AvgIpc) is 2.27. The Morgan fingerprint density at radius 1 is 1.38 bits per heavy atom. The van der Waals surface area contributed by atoms with Gasteiger partial charge in [0.15, 0.2) is 0 Å². The van der Waals surface area contributed by atoms with Gasteiger partial charge in [-0.25, -0.2) is 0 Å². The Morgan fingerprint density at radius 2 is 1.94 bits per heavy atom. The Morgan fingerprint density at radius 3 is 2.38 bits per heavy atom. The third-order valence-corrected chi connectivity index (χ3v) is 3.94. The van der Waals surface area contributed by atoms with Crippen molar-refractivity contribution in [3.05, 3.63) is 0 Å². The molecule has 1 aliphatic rings. The summed E-state index contributed by atoms with van der Waals surface area (Å²) in [6.07, 6.45) is 3.45. The fourth-order valence-corrected chi connectivity index (χ4v) is 2.00. The second kappa shape index (κ2) is 5.16. The van der Waals surface area contributed by atoms with Crippen LogP contribution in [0.4, 0.5) is 0 Å². The highest BCUT2D eigenvalue weighted by atomic mass is 15.1. The minimum Gasteiger partial charge on any atom is -0.303 e. The fraction of sp³-hybridized carbons (Fsp3) is 0.923. The van der Waals surface area contributed by atoms with Gasteiger partial charge in [-0.1, -0.05) is 13.8 Å². The van der Waals surface area contributed by atoms with E-state index < -0.39 is 0 Å². The Bertz CT molecular complexity index is 257. The van der Waals surface area contributed by atoms with Crippen molar-refractivity contribution < 1.29 is 0 Å². The summed E-state index contributed by atoms with van der Waals surface area (Å²) in [7, 11) is 1.86. The third kappa shape index (κ3) is 3.77. The molecule has 0 aromatic heterocycles. The van der Waals surface area contributed by atoms with Crippen molar-refractivity contribution in [3.8, 4) is 6.07 Å². The van der Waals surface area contributed by atoms with Crippen LogP contribution in [-0.2, 0) is 0 Å². The normalized spacial score (nSPS) is 24.7. The van der Waals surface area contributed by atoms with E-state index in [1.54, 1.807) is 0 Å². The molecule has 92 valence electrons. The molecule has 0 saturated carbocycles. The first-order chi connectivity index (χ1) is 7.41. The number of hydrogen-bond donors (Lipinski definition) is 1. The smallest absolute Gasteiger partial charge is 0.104 e. The maximum absolute atomic E-state index is 9.07. The molecule has 1 aliphatic heterocycles. The molecule has 16 heavy (non-hydrogen) atoms. The summed E-state index contributed by atoms with van der Waals surface area (Å²) < 4.78 is 0. The minimum absolute atomic E-state index is 0.368. The zero-order valence-electron chi connectivity index (χ0n) is 11.1. The monoisotopic (exact) mass is 223 g/mol. The fourth-order valence-electron chi connectivity index (χ4n) is 2.00. The van der Waals surface area contributed by atoms with Crippen LogP contribution in [0.2, 0.25) is 0 Å². The summed E-state index contributed by atoms with van der Waals surface area (Å²) in [5.74, 6) is 0. The molecule has 0 bridgehead atoms. The molecule has 0 amide bonds. The maximum atomic E-state index is 9.07. The second-order valence-electron chi connectivity index (χ2n) is 5.95. The average molecular weight is 223 g/mol. The van der Waals surface area contributed by atoms with E-state index in [2.05, 4.69) is 30.1 Å². The quantitative estimate of drug-likeness (QED) is 0.792. The lowest BCUT2D eigenvalue weighted by Gasteiger charge is -2.37. The Balaban J connectivity index is 2.33. The van der Waals surface area contributed by atoms with Crippen molar-refractivity contribution in [2.75, 3.05) is 26.7 Å². The molecule has 1 heterocycles. The Kier molecular flexibility index (Phi) is 4.35. The van der Waals surface area contributed by atoms with E-state index in [-0.39, 0.29) is 5.54 Å². The maximum Gasteiger partial charge on any atom is 0.104 e. The standard InChI is InChI=1S/C13H25N3/c1-12(2)5-8-16(9-6-12)10-7-13(3,11-14)15-4/h15H,5-10H2,1-4H3. The number of nitrogens with one attached hydrogen (secondary N) is 1. The second-order valence-corrected chi connectivity index (χ2v) is 5.95. The lowest BCUT2D eigenvalue weighted by atomic mass is 9.82. The molecule has 1 atom stereocenters. The van der Waals surface area contributed by atoms with Crippen LogP contribution in [0.3, 0.4) is 0 Å². The van der Waals surface area contributed by atoms with Crippen LogP contribution >= 0.6 is 0 Å². The first-order valence-corrected chi connectivity index (χ1v) is 6.23. The Hall–Kier alpha value is -0.590. The van der Waals surface area contributed by atoms with Crippen molar-refractivity contribution in [3.63, 3.8) is 0 Å². The van der Waals surface area contributed by atoms with E-state index >= 15 is 0 Å². The largest absolute Gasteiger partial charge is 0.303 e. The van der Waals surface area contributed by atoms with Gasteiger partial charge in [0.1, 0.15) is 5.54 Å². The molecule has 1 N–H and O–H groups in total. The molecule has 0 radical (unpaired) electrons. The highest BCUT2D eigenvalue weighted by Gasteiger charge is 2.27. The van der Waals surface area contributed by atoms with E-state index in [4.69, 9.17) is 5.26 Å². The van der Waals surface area contributed by atoms with Crippen LogP contribution in [0.5, 0.6) is 0 Å². The number of nitriles is 1. The minimum atomic E-state index is -0.368. The lowest BCUT2D eigenvalue weighted by Crippen LogP contribution is -2.44. The third-order valence-electron chi connectivity index (χ3n) is 3.94. The van der Waals surface area contributed by atoms with E-state index in [0.29, 0.717) is 5.41 Å². The van der Waals surface area contributed by atoms with Crippen LogP contribution in [0, 0.1) is 16.7 Å². The summed E-state index contributed by atoms with van der Waals surface area (Å²) in [5, 5.41) is 12.2. The van der Waals surface area contributed by atoms with E-state index in [9.17, 15) is 0 Å². The molecule has 1 fully saturated rings. The molecule has 1 rings (SSSR count). The zero-order chi connectivity index (χ0) is 12.2. The van der Waals surface area contributed by atoms with E-state index in [0.717, 1.165) is 13.0 Å². The highest BCUT2D eigenvalue weighted by Crippen LogP contribution is 2.29. The molecule has 0 aromatic rings. The van der Waals surface area contributed by atoms with Gasteiger partial charge in [0.2, 0.25) is 0 Å². The van der Waals surface area contributed by atoms with Crippen LogP contribution in [0.25, 0.3) is 0 Å². The molecule has 0 aliphatic carbocycles. The molecule has 3 heteroatoms. The highest BCUT2D eigenvalue weighted by molar-refractivity contribution is 5.03. The summed E-state index contributed by atoms with van der Waals surface area (Å²) in [6.45, 7) is 10.0. The summed E-state index contributed by atoms with van der Waals surface area (Å²) in [6, 6.07) is 2.35. The summed E-state index contributed by atoms with van der Waals surface area (Å²) in [4.78, 5) is 2.48. The van der Waals surface area contributed by atoms with Gasteiger partial charge in [0.25, 0.3) is 0 Å². The summed E-state index contributed by atoms with van der Waals surface area (Å²) in [5.41, 5.74) is 0.144. The molecule has 0 aromatic carbocycles. The van der Waals surface area contributed by atoms with Gasteiger partial charge >= 0.3 is 0 Å². The number of hydrogen-bond acceptors (Lipinski definition) is 3. The first-order valence-electron chi connectivity index (χ1n) is 6.23. The molecule has 1 saturated heterocycles. The van der Waals surface area contributed by atoms with Gasteiger partial charge in [0, 0.05) is 6.54 Å². The number of nitrogens with zero attached hydrogens (tertiary/aromatic N) is 2. The van der Waals surface area contributed by atoms with Crippen molar-refractivity contribution in [2.45, 2.75) is 45.6 Å².